The molecule has 0 aliphatic rings. The second kappa shape index (κ2) is 7.79. The van der Waals surface area contributed by atoms with E-state index < -0.39 is 0 Å². The summed E-state index contributed by atoms with van der Waals surface area (Å²) in [5, 5.41) is 5.92. The summed E-state index contributed by atoms with van der Waals surface area (Å²) in [5.74, 6) is -0.184. The standard InChI is InChI=1S/C13H19FN2O/c1-2-15-9-8-13(17)16-10-7-11-3-5-12(14)6-4-11/h3-6,15H,2,7-10H2,1H3,(H,16,17). The van der Waals surface area contributed by atoms with E-state index in [0.717, 1.165) is 18.5 Å². The Labute approximate surface area is 101 Å². The van der Waals surface area contributed by atoms with Crippen LogP contribution in [-0.2, 0) is 11.2 Å². The van der Waals surface area contributed by atoms with E-state index in [1.54, 1.807) is 12.1 Å². The summed E-state index contributed by atoms with van der Waals surface area (Å²) in [6.45, 7) is 4.19. The number of halogens is 1. The molecule has 17 heavy (non-hydrogen) atoms. The van der Waals surface area contributed by atoms with Gasteiger partial charge in [-0.25, -0.2) is 4.39 Å². The number of carbonyl (C=O) groups is 1. The Hall–Kier alpha value is -1.42. The first-order chi connectivity index (χ1) is 8.22. The third-order valence-electron chi connectivity index (χ3n) is 2.43. The molecule has 4 heteroatoms. The lowest BCUT2D eigenvalue weighted by Gasteiger charge is -2.05. The third kappa shape index (κ3) is 6.02. The van der Waals surface area contributed by atoms with Gasteiger partial charge in [0.1, 0.15) is 5.82 Å². The van der Waals surface area contributed by atoms with Crippen LogP contribution in [0.5, 0.6) is 0 Å². The second-order valence-electron chi connectivity index (χ2n) is 3.83. The first-order valence-corrected chi connectivity index (χ1v) is 5.94. The molecule has 0 atom stereocenters. The van der Waals surface area contributed by atoms with Crippen molar-refractivity contribution in [2.45, 2.75) is 19.8 Å². The van der Waals surface area contributed by atoms with Gasteiger partial charge in [0.2, 0.25) is 5.91 Å². The van der Waals surface area contributed by atoms with Crippen LogP contribution >= 0.6 is 0 Å². The fourth-order valence-electron chi connectivity index (χ4n) is 1.46. The Morgan fingerprint density at radius 2 is 1.94 bits per heavy atom. The lowest BCUT2D eigenvalue weighted by molar-refractivity contribution is -0.120. The van der Waals surface area contributed by atoms with Crippen molar-refractivity contribution in [2.24, 2.45) is 0 Å². The van der Waals surface area contributed by atoms with Crippen molar-refractivity contribution in [3.05, 3.63) is 35.6 Å². The molecule has 0 heterocycles. The highest BCUT2D eigenvalue weighted by Gasteiger charge is 2.00. The first-order valence-electron chi connectivity index (χ1n) is 5.94. The summed E-state index contributed by atoms with van der Waals surface area (Å²) >= 11 is 0. The Morgan fingerprint density at radius 1 is 1.24 bits per heavy atom. The molecule has 1 aromatic rings. The molecular weight excluding hydrogens is 219 g/mol. The van der Waals surface area contributed by atoms with Gasteiger partial charge < -0.3 is 10.6 Å². The average Bonchev–Trinajstić information content (AvgIpc) is 2.32. The molecule has 0 aliphatic heterocycles. The fraction of sp³-hybridized carbons (Fsp3) is 0.462. The molecule has 0 bridgehead atoms. The zero-order valence-electron chi connectivity index (χ0n) is 10.1. The van der Waals surface area contributed by atoms with Crippen molar-refractivity contribution in [1.29, 1.82) is 0 Å². The van der Waals surface area contributed by atoms with E-state index >= 15 is 0 Å². The van der Waals surface area contributed by atoms with Crippen LogP contribution < -0.4 is 10.6 Å². The predicted molar refractivity (Wildman–Crippen MR) is 66.3 cm³/mol. The van der Waals surface area contributed by atoms with E-state index in [0.29, 0.717) is 19.5 Å². The minimum absolute atomic E-state index is 0.0491. The van der Waals surface area contributed by atoms with Crippen molar-refractivity contribution in [3.63, 3.8) is 0 Å². The van der Waals surface area contributed by atoms with Crippen molar-refractivity contribution < 1.29 is 9.18 Å². The summed E-state index contributed by atoms with van der Waals surface area (Å²) in [4.78, 5) is 11.4. The smallest absolute Gasteiger partial charge is 0.221 e. The largest absolute Gasteiger partial charge is 0.356 e. The summed E-state index contributed by atoms with van der Waals surface area (Å²) in [6, 6.07) is 6.34. The van der Waals surface area contributed by atoms with Gasteiger partial charge in [-0.2, -0.15) is 0 Å². The van der Waals surface area contributed by atoms with E-state index in [4.69, 9.17) is 0 Å². The highest BCUT2D eigenvalue weighted by atomic mass is 19.1. The molecule has 3 nitrogen and oxygen atoms in total. The summed E-state index contributed by atoms with van der Waals surface area (Å²) in [7, 11) is 0. The zero-order chi connectivity index (χ0) is 12.5. The molecule has 94 valence electrons. The molecule has 0 aliphatic carbocycles. The molecule has 0 spiro atoms. The van der Waals surface area contributed by atoms with Gasteiger partial charge in [0, 0.05) is 19.5 Å². The van der Waals surface area contributed by atoms with Crippen LogP contribution in [0.3, 0.4) is 0 Å². The SMILES string of the molecule is CCNCCC(=O)NCCc1ccc(F)cc1. The maximum absolute atomic E-state index is 12.6. The Kier molecular flexibility index (Phi) is 6.25. The minimum Gasteiger partial charge on any atom is -0.356 e. The molecule has 1 amide bonds. The van der Waals surface area contributed by atoms with Gasteiger partial charge in [-0.3, -0.25) is 4.79 Å². The molecule has 0 saturated heterocycles. The predicted octanol–water partition coefficient (Wildman–Crippen LogP) is 1.48. The Balaban J connectivity index is 2.14. The zero-order valence-corrected chi connectivity index (χ0v) is 10.1. The maximum Gasteiger partial charge on any atom is 0.221 e. The molecule has 0 aromatic heterocycles. The van der Waals surface area contributed by atoms with Crippen molar-refractivity contribution in [2.75, 3.05) is 19.6 Å². The van der Waals surface area contributed by atoms with E-state index in [-0.39, 0.29) is 11.7 Å². The normalized spacial score (nSPS) is 10.2. The topological polar surface area (TPSA) is 41.1 Å². The van der Waals surface area contributed by atoms with Gasteiger partial charge >= 0.3 is 0 Å². The van der Waals surface area contributed by atoms with Crippen LogP contribution in [0.4, 0.5) is 4.39 Å². The van der Waals surface area contributed by atoms with Crippen LogP contribution in [0, 0.1) is 5.82 Å². The van der Waals surface area contributed by atoms with Crippen LogP contribution in [0.2, 0.25) is 0 Å². The van der Waals surface area contributed by atoms with Crippen molar-refractivity contribution in [1.82, 2.24) is 10.6 Å². The molecule has 2 N–H and O–H groups in total. The summed E-state index contributed by atoms with van der Waals surface area (Å²) in [6.07, 6.45) is 1.23. The van der Waals surface area contributed by atoms with Crippen LogP contribution in [0.1, 0.15) is 18.9 Å². The van der Waals surface area contributed by atoms with Gasteiger partial charge in [-0.15, -0.1) is 0 Å². The average molecular weight is 238 g/mol. The van der Waals surface area contributed by atoms with Crippen LogP contribution in [0.25, 0.3) is 0 Å². The van der Waals surface area contributed by atoms with Gasteiger partial charge in [-0.05, 0) is 30.7 Å². The molecule has 0 fully saturated rings. The van der Waals surface area contributed by atoms with E-state index in [9.17, 15) is 9.18 Å². The number of rotatable bonds is 7. The van der Waals surface area contributed by atoms with Crippen LogP contribution in [-0.4, -0.2) is 25.5 Å². The van der Waals surface area contributed by atoms with Crippen molar-refractivity contribution in [3.8, 4) is 0 Å². The molecular formula is C13H19FN2O. The summed E-state index contributed by atoms with van der Waals surface area (Å²) < 4.78 is 12.6. The highest BCUT2D eigenvalue weighted by molar-refractivity contribution is 5.76. The Morgan fingerprint density at radius 3 is 2.59 bits per heavy atom. The number of benzene rings is 1. The summed E-state index contributed by atoms with van der Waals surface area (Å²) in [5.41, 5.74) is 1.03. The molecule has 1 rings (SSSR count). The maximum atomic E-state index is 12.6. The van der Waals surface area contributed by atoms with Gasteiger partial charge in [0.15, 0.2) is 0 Å². The minimum atomic E-state index is -0.233. The van der Waals surface area contributed by atoms with E-state index in [1.807, 2.05) is 6.92 Å². The van der Waals surface area contributed by atoms with Gasteiger partial charge in [0.25, 0.3) is 0 Å². The van der Waals surface area contributed by atoms with E-state index in [2.05, 4.69) is 10.6 Å². The molecule has 0 unspecified atom stereocenters. The second-order valence-corrected chi connectivity index (χ2v) is 3.83. The number of hydrogen-bond donors (Lipinski definition) is 2. The quantitative estimate of drug-likeness (QED) is 0.707. The lowest BCUT2D eigenvalue weighted by Crippen LogP contribution is -2.29. The number of hydrogen-bond acceptors (Lipinski definition) is 2. The van der Waals surface area contributed by atoms with Crippen molar-refractivity contribution >= 4 is 5.91 Å². The molecule has 0 saturated carbocycles. The van der Waals surface area contributed by atoms with Gasteiger partial charge in [-0.1, -0.05) is 19.1 Å². The van der Waals surface area contributed by atoms with Crippen LogP contribution in [0.15, 0.2) is 24.3 Å². The fourth-order valence-corrected chi connectivity index (χ4v) is 1.46. The Bertz CT molecular complexity index is 338. The van der Waals surface area contributed by atoms with Gasteiger partial charge in [0.05, 0.1) is 0 Å². The number of amides is 1. The first kappa shape index (κ1) is 13.6. The molecule has 1 aromatic carbocycles. The van der Waals surface area contributed by atoms with E-state index in [1.165, 1.54) is 12.1 Å². The lowest BCUT2D eigenvalue weighted by atomic mass is 10.1. The molecule has 0 radical (unpaired) electrons. The number of carbonyl (C=O) groups excluding carboxylic acids is 1. The third-order valence-corrected chi connectivity index (χ3v) is 2.43. The highest BCUT2D eigenvalue weighted by Crippen LogP contribution is 2.02. The number of nitrogens with one attached hydrogen (secondary N) is 2. The monoisotopic (exact) mass is 238 g/mol.